The molecule has 1 amide bonds. The maximum Gasteiger partial charge on any atom is 0.247 e. The van der Waals surface area contributed by atoms with Gasteiger partial charge in [0.05, 0.1) is 13.5 Å². The van der Waals surface area contributed by atoms with E-state index in [1.54, 1.807) is 19.2 Å². The van der Waals surface area contributed by atoms with Gasteiger partial charge in [0.15, 0.2) is 0 Å². The van der Waals surface area contributed by atoms with Crippen molar-refractivity contribution >= 4 is 17.5 Å². The first-order valence-corrected chi connectivity index (χ1v) is 8.50. The Morgan fingerprint density at radius 1 is 1.12 bits per heavy atom. The fourth-order valence-corrected chi connectivity index (χ4v) is 2.49. The second kappa shape index (κ2) is 8.49. The highest BCUT2D eigenvalue weighted by atomic mass is 35.5. The molecule has 3 aromatic rings. The van der Waals surface area contributed by atoms with Crippen molar-refractivity contribution in [3.05, 3.63) is 65.0 Å². The molecule has 0 aliphatic heterocycles. The number of carbonyl (C=O) groups excluding carboxylic acids is 1. The minimum atomic E-state index is -0.0674. The van der Waals surface area contributed by atoms with Crippen LogP contribution in [0, 0.1) is 0 Å². The lowest BCUT2D eigenvalue weighted by Crippen LogP contribution is -2.27. The highest BCUT2D eigenvalue weighted by Crippen LogP contribution is 2.21. The lowest BCUT2D eigenvalue weighted by Gasteiger charge is -2.04. The Labute approximate surface area is 156 Å². The number of nitrogens with zero attached hydrogens (tertiary/aromatic N) is 2. The van der Waals surface area contributed by atoms with Crippen LogP contribution in [0.1, 0.15) is 11.5 Å². The highest BCUT2D eigenvalue weighted by Gasteiger charge is 2.09. The maximum absolute atomic E-state index is 12.0. The number of aromatic nitrogens is 2. The first-order valence-electron chi connectivity index (χ1n) is 8.12. The molecular formula is C19H18ClN3O3. The Kier molecular flexibility index (Phi) is 5.86. The standard InChI is InChI=1S/C19H18ClN3O3/c1-25-16-8-4-14(5-9-16)19-23-22-18(26-19)10-11-21-17(24)12-13-2-6-15(20)7-3-13/h2-9H,10-12H2,1H3,(H,21,24). The average molecular weight is 372 g/mol. The molecule has 0 aliphatic rings. The second-order valence-corrected chi connectivity index (χ2v) is 6.07. The van der Waals surface area contributed by atoms with Crippen LogP contribution in [0.2, 0.25) is 5.02 Å². The van der Waals surface area contributed by atoms with Gasteiger partial charge in [0.1, 0.15) is 5.75 Å². The maximum atomic E-state index is 12.0. The summed E-state index contributed by atoms with van der Waals surface area (Å²) in [4.78, 5) is 12.0. The van der Waals surface area contributed by atoms with Gasteiger partial charge in [0.25, 0.3) is 0 Å². The summed E-state index contributed by atoms with van der Waals surface area (Å²) in [5, 5.41) is 11.5. The summed E-state index contributed by atoms with van der Waals surface area (Å²) in [6.45, 7) is 0.427. The number of amides is 1. The Morgan fingerprint density at radius 3 is 2.54 bits per heavy atom. The van der Waals surface area contributed by atoms with Crippen LogP contribution in [-0.2, 0) is 17.6 Å². The Morgan fingerprint density at radius 2 is 1.85 bits per heavy atom. The summed E-state index contributed by atoms with van der Waals surface area (Å²) in [7, 11) is 1.61. The molecular weight excluding hydrogens is 354 g/mol. The molecule has 1 heterocycles. The topological polar surface area (TPSA) is 77.3 Å². The minimum absolute atomic E-state index is 0.0674. The average Bonchev–Trinajstić information content (AvgIpc) is 3.12. The monoisotopic (exact) mass is 371 g/mol. The normalized spacial score (nSPS) is 10.5. The number of carbonyl (C=O) groups is 1. The number of benzene rings is 2. The van der Waals surface area contributed by atoms with Crippen molar-refractivity contribution in [3.8, 4) is 17.2 Å². The summed E-state index contributed by atoms with van der Waals surface area (Å²) in [6.07, 6.45) is 0.771. The van der Waals surface area contributed by atoms with Crippen LogP contribution in [0.5, 0.6) is 5.75 Å². The smallest absolute Gasteiger partial charge is 0.247 e. The molecule has 3 rings (SSSR count). The number of halogens is 1. The fourth-order valence-electron chi connectivity index (χ4n) is 2.36. The van der Waals surface area contributed by atoms with Gasteiger partial charge in [-0.2, -0.15) is 0 Å². The SMILES string of the molecule is COc1ccc(-c2nnc(CCNC(=O)Cc3ccc(Cl)cc3)o2)cc1. The van der Waals surface area contributed by atoms with Crippen LogP contribution in [0.15, 0.2) is 52.9 Å². The van der Waals surface area contributed by atoms with E-state index in [1.165, 1.54) is 0 Å². The van der Waals surface area contributed by atoms with Crippen LogP contribution >= 0.6 is 11.6 Å². The van der Waals surface area contributed by atoms with Gasteiger partial charge in [0.2, 0.25) is 17.7 Å². The van der Waals surface area contributed by atoms with E-state index in [9.17, 15) is 4.79 Å². The molecule has 0 saturated carbocycles. The summed E-state index contributed by atoms with van der Waals surface area (Å²) in [6, 6.07) is 14.6. The number of ether oxygens (including phenoxy) is 1. The number of nitrogens with one attached hydrogen (secondary N) is 1. The predicted molar refractivity (Wildman–Crippen MR) is 98.2 cm³/mol. The summed E-state index contributed by atoms with van der Waals surface area (Å²) >= 11 is 5.83. The third-order valence-electron chi connectivity index (χ3n) is 3.74. The van der Waals surface area contributed by atoms with Crippen molar-refractivity contribution in [2.45, 2.75) is 12.8 Å². The van der Waals surface area contributed by atoms with E-state index in [0.29, 0.717) is 36.2 Å². The second-order valence-electron chi connectivity index (χ2n) is 5.63. The molecule has 26 heavy (non-hydrogen) atoms. The van der Waals surface area contributed by atoms with E-state index in [1.807, 2.05) is 36.4 Å². The minimum Gasteiger partial charge on any atom is -0.497 e. The molecule has 0 spiro atoms. The molecule has 6 nitrogen and oxygen atoms in total. The molecule has 1 aromatic heterocycles. The summed E-state index contributed by atoms with van der Waals surface area (Å²) in [5.74, 6) is 1.61. The van der Waals surface area contributed by atoms with Crippen LogP contribution in [0.3, 0.4) is 0 Å². The number of hydrogen-bond acceptors (Lipinski definition) is 5. The van der Waals surface area contributed by atoms with E-state index in [0.717, 1.165) is 16.9 Å². The highest BCUT2D eigenvalue weighted by molar-refractivity contribution is 6.30. The predicted octanol–water partition coefficient (Wildman–Crippen LogP) is 3.30. The van der Waals surface area contributed by atoms with Crippen LogP contribution in [0.4, 0.5) is 0 Å². The van der Waals surface area contributed by atoms with Gasteiger partial charge in [-0.05, 0) is 42.0 Å². The summed E-state index contributed by atoms with van der Waals surface area (Å²) < 4.78 is 10.7. The molecule has 134 valence electrons. The first-order chi connectivity index (χ1) is 12.6. The van der Waals surface area contributed by atoms with E-state index < -0.39 is 0 Å². The van der Waals surface area contributed by atoms with Crippen LogP contribution < -0.4 is 10.1 Å². The van der Waals surface area contributed by atoms with Crippen LogP contribution in [0.25, 0.3) is 11.5 Å². The van der Waals surface area contributed by atoms with Crippen molar-refractivity contribution in [2.24, 2.45) is 0 Å². The molecule has 0 saturated heterocycles. The van der Waals surface area contributed by atoms with Crippen LogP contribution in [-0.4, -0.2) is 29.8 Å². The Hall–Kier alpha value is -2.86. The zero-order valence-corrected chi connectivity index (χ0v) is 15.0. The van der Waals surface area contributed by atoms with Gasteiger partial charge in [-0.1, -0.05) is 23.7 Å². The molecule has 0 atom stereocenters. The van der Waals surface area contributed by atoms with E-state index in [4.69, 9.17) is 20.8 Å². The van der Waals surface area contributed by atoms with Crippen molar-refractivity contribution in [2.75, 3.05) is 13.7 Å². The Bertz CT molecular complexity index is 860. The fraction of sp³-hybridized carbons (Fsp3) is 0.211. The van der Waals surface area contributed by atoms with E-state index >= 15 is 0 Å². The molecule has 0 unspecified atom stereocenters. The number of hydrogen-bond donors (Lipinski definition) is 1. The van der Waals surface area contributed by atoms with Gasteiger partial charge in [-0.3, -0.25) is 4.79 Å². The lowest BCUT2D eigenvalue weighted by atomic mass is 10.1. The van der Waals surface area contributed by atoms with Crippen molar-refractivity contribution in [3.63, 3.8) is 0 Å². The largest absolute Gasteiger partial charge is 0.497 e. The third kappa shape index (κ3) is 4.83. The number of rotatable bonds is 7. The number of methoxy groups -OCH3 is 1. The molecule has 0 bridgehead atoms. The van der Waals surface area contributed by atoms with Crippen molar-refractivity contribution < 1.29 is 13.9 Å². The third-order valence-corrected chi connectivity index (χ3v) is 3.99. The molecule has 7 heteroatoms. The molecule has 1 N–H and O–H groups in total. The zero-order chi connectivity index (χ0) is 18.4. The molecule has 2 aromatic carbocycles. The van der Waals surface area contributed by atoms with Gasteiger partial charge >= 0.3 is 0 Å². The van der Waals surface area contributed by atoms with Gasteiger partial charge < -0.3 is 14.5 Å². The van der Waals surface area contributed by atoms with Crippen molar-refractivity contribution in [1.29, 1.82) is 0 Å². The Balaban J connectivity index is 1.48. The lowest BCUT2D eigenvalue weighted by molar-refractivity contribution is -0.120. The quantitative estimate of drug-likeness (QED) is 0.689. The molecule has 0 aliphatic carbocycles. The van der Waals surface area contributed by atoms with E-state index in [-0.39, 0.29) is 5.91 Å². The first kappa shape index (κ1) is 17.9. The van der Waals surface area contributed by atoms with E-state index in [2.05, 4.69) is 15.5 Å². The molecule has 0 fully saturated rings. The zero-order valence-electron chi connectivity index (χ0n) is 14.2. The van der Waals surface area contributed by atoms with Crippen molar-refractivity contribution in [1.82, 2.24) is 15.5 Å². The summed E-state index contributed by atoms with van der Waals surface area (Å²) in [5.41, 5.74) is 1.72. The molecule has 0 radical (unpaired) electrons. The van der Waals surface area contributed by atoms with Gasteiger partial charge in [0, 0.05) is 23.6 Å². The van der Waals surface area contributed by atoms with Gasteiger partial charge in [-0.15, -0.1) is 10.2 Å². The van der Waals surface area contributed by atoms with Gasteiger partial charge in [-0.25, -0.2) is 0 Å².